The average Bonchev–Trinajstić information content (AvgIpc) is 3.05. The van der Waals surface area contributed by atoms with Crippen LogP contribution in [0, 0.1) is 5.41 Å². The summed E-state index contributed by atoms with van der Waals surface area (Å²) < 4.78 is 5.93. The lowest BCUT2D eigenvalue weighted by molar-refractivity contribution is -0.126. The van der Waals surface area contributed by atoms with Crippen LogP contribution in [0.1, 0.15) is 51.6 Å². The normalized spacial score (nSPS) is 26.5. The standard InChI is InChI=1S/C20H31N3O2/c1-20(2)10-6-14-25-18(20)9-12-22-19(24)17-8-5-13-23(17)15-16-7-3-4-11-21-16/h3-4,7,11,17-18H,5-6,8-10,12-15H2,1-2H3,(H,22,24). The maximum absolute atomic E-state index is 12.6. The van der Waals surface area contributed by atoms with E-state index < -0.39 is 0 Å². The number of hydrogen-bond donors (Lipinski definition) is 1. The molecule has 2 saturated heterocycles. The molecule has 0 bridgehead atoms. The molecule has 0 aromatic carbocycles. The topological polar surface area (TPSA) is 54.5 Å². The Labute approximate surface area is 151 Å². The SMILES string of the molecule is CC1(C)CCCOC1CCNC(=O)C1CCCN1Cc1ccccn1. The Bertz CT molecular complexity index is 561. The highest BCUT2D eigenvalue weighted by molar-refractivity contribution is 5.82. The molecule has 1 aromatic rings. The van der Waals surface area contributed by atoms with E-state index in [-0.39, 0.29) is 23.5 Å². The van der Waals surface area contributed by atoms with Gasteiger partial charge in [-0.2, -0.15) is 0 Å². The van der Waals surface area contributed by atoms with Gasteiger partial charge in [-0.05, 0) is 56.2 Å². The zero-order valence-corrected chi connectivity index (χ0v) is 15.5. The van der Waals surface area contributed by atoms with E-state index >= 15 is 0 Å². The van der Waals surface area contributed by atoms with E-state index in [1.54, 1.807) is 0 Å². The van der Waals surface area contributed by atoms with Crippen LogP contribution in [0.15, 0.2) is 24.4 Å². The molecule has 5 nitrogen and oxygen atoms in total. The summed E-state index contributed by atoms with van der Waals surface area (Å²) >= 11 is 0. The minimum Gasteiger partial charge on any atom is -0.378 e. The van der Waals surface area contributed by atoms with Gasteiger partial charge < -0.3 is 10.1 Å². The van der Waals surface area contributed by atoms with E-state index in [9.17, 15) is 4.79 Å². The second-order valence-electron chi connectivity index (χ2n) is 7.98. The molecule has 0 spiro atoms. The summed E-state index contributed by atoms with van der Waals surface area (Å²) in [5.41, 5.74) is 1.24. The van der Waals surface area contributed by atoms with Crippen molar-refractivity contribution in [1.29, 1.82) is 0 Å². The third kappa shape index (κ3) is 4.79. The third-order valence-electron chi connectivity index (χ3n) is 5.62. The molecule has 0 radical (unpaired) electrons. The number of nitrogens with one attached hydrogen (secondary N) is 1. The van der Waals surface area contributed by atoms with Crippen molar-refractivity contribution in [2.75, 3.05) is 19.7 Å². The van der Waals surface area contributed by atoms with Crippen molar-refractivity contribution in [1.82, 2.24) is 15.2 Å². The van der Waals surface area contributed by atoms with Crippen LogP contribution >= 0.6 is 0 Å². The summed E-state index contributed by atoms with van der Waals surface area (Å²) in [7, 11) is 0. The Kier molecular flexibility index (Phi) is 6.07. The predicted octanol–water partition coefficient (Wildman–Crippen LogP) is 2.76. The molecular weight excluding hydrogens is 314 g/mol. The van der Waals surface area contributed by atoms with Gasteiger partial charge in [0.1, 0.15) is 0 Å². The molecule has 2 atom stereocenters. The van der Waals surface area contributed by atoms with Crippen molar-refractivity contribution in [2.45, 2.75) is 64.6 Å². The smallest absolute Gasteiger partial charge is 0.237 e. The fourth-order valence-electron chi connectivity index (χ4n) is 4.07. The number of aromatic nitrogens is 1. The van der Waals surface area contributed by atoms with Crippen LogP contribution < -0.4 is 5.32 Å². The van der Waals surface area contributed by atoms with Gasteiger partial charge in [-0.25, -0.2) is 0 Å². The van der Waals surface area contributed by atoms with Crippen molar-refractivity contribution < 1.29 is 9.53 Å². The Morgan fingerprint density at radius 3 is 3.04 bits per heavy atom. The molecule has 1 N–H and O–H groups in total. The number of likely N-dealkylation sites (tertiary alicyclic amines) is 1. The Morgan fingerprint density at radius 2 is 2.28 bits per heavy atom. The van der Waals surface area contributed by atoms with E-state index in [1.165, 1.54) is 6.42 Å². The maximum Gasteiger partial charge on any atom is 0.237 e. The molecule has 2 aliphatic heterocycles. The van der Waals surface area contributed by atoms with Crippen LogP contribution in [0.2, 0.25) is 0 Å². The molecule has 3 heterocycles. The lowest BCUT2D eigenvalue weighted by Gasteiger charge is -2.38. The molecule has 25 heavy (non-hydrogen) atoms. The minimum atomic E-state index is -0.0257. The van der Waals surface area contributed by atoms with Gasteiger partial charge in [-0.15, -0.1) is 0 Å². The molecule has 0 saturated carbocycles. The Hall–Kier alpha value is -1.46. The largest absolute Gasteiger partial charge is 0.378 e. The highest BCUT2D eigenvalue weighted by Gasteiger charge is 2.34. The van der Waals surface area contributed by atoms with Crippen LogP contribution in [0.25, 0.3) is 0 Å². The Balaban J connectivity index is 1.47. The highest BCUT2D eigenvalue weighted by atomic mass is 16.5. The molecule has 138 valence electrons. The Morgan fingerprint density at radius 1 is 1.40 bits per heavy atom. The van der Waals surface area contributed by atoms with Crippen LogP contribution in [0.4, 0.5) is 0 Å². The van der Waals surface area contributed by atoms with Gasteiger partial charge in [0.2, 0.25) is 5.91 Å². The molecule has 2 fully saturated rings. The van der Waals surface area contributed by atoms with Gasteiger partial charge in [0, 0.05) is 25.9 Å². The third-order valence-corrected chi connectivity index (χ3v) is 5.62. The van der Waals surface area contributed by atoms with E-state index in [0.29, 0.717) is 6.54 Å². The van der Waals surface area contributed by atoms with Gasteiger partial charge in [-0.3, -0.25) is 14.7 Å². The first kappa shape index (κ1) is 18.3. The highest BCUT2D eigenvalue weighted by Crippen LogP contribution is 2.34. The first-order chi connectivity index (χ1) is 12.1. The number of hydrogen-bond acceptors (Lipinski definition) is 4. The van der Waals surface area contributed by atoms with Gasteiger partial charge in [0.05, 0.1) is 17.8 Å². The quantitative estimate of drug-likeness (QED) is 0.861. The second-order valence-corrected chi connectivity index (χ2v) is 7.98. The van der Waals surface area contributed by atoms with E-state index in [0.717, 1.165) is 51.1 Å². The summed E-state index contributed by atoms with van der Waals surface area (Å²) in [4.78, 5) is 19.3. The van der Waals surface area contributed by atoms with E-state index in [2.05, 4.69) is 29.0 Å². The van der Waals surface area contributed by atoms with Crippen molar-refractivity contribution in [3.8, 4) is 0 Å². The zero-order valence-electron chi connectivity index (χ0n) is 15.5. The van der Waals surface area contributed by atoms with Crippen LogP contribution in [0.3, 0.4) is 0 Å². The fourth-order valence-corrected chi connectivity index (χ4v) is 4.07. The molecule has 3 rings (SSSR count). The van der Waals surface area contributed by atoms with Crippen molar-refractivity contribution in [3.05, 3.63) is 30.1 Å². The van der Waals surface area contributed by atoms with Crippen molar-refractivity contribution >= 4 is 5.91 Å². The van der Waals surface area contributed by atoms with Gasteiger partial charge in [0.15, 0.2) is 0 Å². The van der Waals surface area contributed by atoms with Crippen molar-refractivity contribution in [3.63, 3.8) is 0 Å². The molecule has 1 aromatic heterocycles. The number of amides is 1. The number of ether oxygens (including phenoxy) is 1. The lowest BCUT2D eigenvalue weighted by atomic mass is 9.79. The second kappa shape index (κ2) is 8.28. The lowest BCUT2D eigenvalue weighted by Crippen LogP contribution is -2.45. The van der Waals surface area contributed by atoms with Gasteiger partial charge in [-0.1, -0.05) is 19.9 Å². The number of nitrogens with zero attached hydrogens (tertiary/aromatic N) is 2. The molecule has 2 unspecified atom stereocenters. The average molecular weight is 345 g/mol. The summed E-state index contributed by atoms with van der Waals surface area (Å²) in [5, 5.41) is 3.14. The summed E-state index contributed by atoms with van der Waals surface area (Å²) in [5.74, 6) is 0.155. The molecule has 2 aliphatic rings. The van der Waals surface area contributed by atoms with Crippen LogP contribution in [0.5, 0.6) is 0 Å². The number of rotatable bonds is 6. The van der Waals surface area contributed by atoms with Crippen LogP contribution in [-0.2, 0) is 16.1 Å². The van der Waals surface area contributed by atoms with Gasteiger partial charge >= 0.3 is 0 Å². The number of carbonyl (C=O) groups is 1. The molecule has 5 heteroatoms. The molecule has 1 amide bonds. The number of carbonyl (C=O) groups excluding carboxylic acids is 1. The zero-order chi connectivity index (χ0) is 17.7. The molecular formula is C20H31N3O2. The van der Waals surface area contributed by atoms with E-state index in [4.69, 9.17) is 4.74 Å². The summed E-state index contributed by atoms with van der Waals surface area (Å²) in [6, 6.07) is 5.92. The van der Waals surface area contributed by atoms with Crippen LogP contribution in [-0.4, -0.2) is 47.6 Å². The van der Waals surface area contributed by atoms with Gasteiger partial charge in [0.25, 0.3) is 0 Å². The summed E-state index contributed by atoms with van der Waals surface area (Å²) in [6.45, 7) is 7.79. The monoisotopic (exact) mass is 345 g/mol. The predicted molar refractivity (Wildman–Crippen MR) is 98.1 cm³/mol. The molecule has 0 aliphatic carbocycles. The van der Waals surface area contributed by atoms with Crippen molar-refractivity contribution in [2.24, 2.45) is 5.41 Å². The first-order valence-corrected chi connectivity index (χ1v) is 9.59. The first-order valence-electron chi connectivity index (χ1n) is 9.59. The van der Waals surface area contributed by atoms with E-state index in [1.807, 2.05) is 24.4 Å². The fraction of sp³-hybridized carbons (Fsp3) is 0.700. The minimum absolute atomic E-state index is 0.0257. The number of pyridine rings is 1. The summed E-state index contributed by atoms with van der Waals surface area (Å²) in [6.07, 6.45) is 7.30. The maximum atomic E-state index is 12.6.